The Morgan fingerprint density at radius 3 is 2.46 bits per heavy atom. The van der Waals surface area contributed by atoms with E-state index in [-0.39, 0.29) is 11.8 Å². The number of rotatable bonds is 10. The van der Waals surface area contributed by atoms with Crippen LogP contribution < -0.4 is 16.0 Å². The third-order valence-electron chi connectivity index (χ3n) is 6.46. The number of allylic oxidation sites excluding steroid dienone is 4. The minimum Gasteiger partial charge on any atom is -0.488 e. The third kappa shape index (κ3) is 8.24. The summed E-state index contributed by atoms with van der Waals surface area (Å²) in [7, 11) is 1.91. The van der Waals surface area contributed by atoms with Crippen LogP contribution in [-0.4, -0.2) is 64.9 Å². The highest BCUT2D eigenvalue weighted by molar-refractivity contribution is 6.10. The van der Waals surface area contributed by atoms with Crippen LogP contribution in [0.15, 0.2) is 70.6 Å². The van der Waals surface area contributed by atoms with Crippen molar-refractivity contribution in [3.8, 4) is 6.07 Å². The average Bonchev–Trinajstić information content (AvgIpc) is 2.95. The van der Waals surface area contributed by atoms with Crippen LogP contribution in [0.1, 0.15) is 32.3 Å². The Bertz CT molecular complexity index is 1070. The Labute approximate surface area is 220 Å². The molecule has 3 N–H and O–H groups in total. The van der Waals surface area contributed by atoms with E-state index in [9.17, 15) is 5.26 Å². The standard InChI is InChI=1S/C29H39N5O3/c1-4-29(37-26-10-15-35-16-11-26)28(20-31)33-21-24(9-12-30)22(2)19-27(32-3)23-5-7-25(8-6-23)34-13-17-36-18-14-34/h4-9,12,19,26,32H,10-11,13-18,21,30H2,1-3H3/b12-9-,24-22-,27-19-,29-4+,33-28?. The van der Waals surface area contributed by atoms with E-state index in [4.69, 9.17) is 19.9 Å². The van der Waals surface area contributed by atoms with E-state index in [2.05, 4.69) is 51.6 Å². The molecule has 2 aliphatic rings. The molecule has 0 amide bonds. The molecule has 1 aromatic carbocycles. The van der Waals surface area contributed by atoms with Crippen molar-refractivity contribution in [2.75, 3.05) is 58.0 Å². The fourth-order valence-electron chi connectivity index (χ4n) is 4.27. The lowest BCUT2D eigenvalue weighted by Gasteiger charge is -2.29. The maximum atomic E-state index is 9.77. The van der Waals surface area contributed by atoms with Gasteiger partial charge in [-0.2, -0.15) is 5.26 Å². The predicted octanol–water partition coefficient (Wildman–Crippen LogP) is 3.94. The Morgan fingerprint density at radius 1 is 1.19 bits per heavy atom. The first-order valence-electron chi connectivity index (χ1n) is 12.9. The van der Waals surface area contributed by atoms with Crippen LogP contribution in [0.4, 0.5) is 5.69 Å². The third-order valence-corrected chi connectivity index (χ3v) is 6.46. The lowest BCUT2D eigenvalue weighted by atomic mass is 10.0. The van der Waals surface area contributed by atoms with Gasteiger partial charge in [-0.3, -0.25) is 4.99 Å². The SMILES string of the molecule is C/C=C(/OC1CCOCC1)C(C#N)=NCC(/C=C\N)=C(C)\C=C(/NC)c1ccc(N2CCOCC2)cc1. The minimum absolute atomic E-state index is 0.0370. The zero-order valence-electron chi connectivity index (χ0n) is 22.2. The molecule has 0 atom stereocenters. The number of ether oxygens (including phenoxy) is 3. The summed E-state index contributed by atoms with van der Waals surface area (Å²) < 4.78 is 16.9. The molecule has 198 valence electrons. The van der Waals surface area contributed by atoms with Crippen molar-refractivity contribution in [1.29, 1.82) is 5.26 Å². The van der Waals surface area contributed by atoms with Gasteiger partial charge in [0.15, 0.2) is 11.5 Å². The molecule has 0 spiro atoms. The fourth-order valence-corrected chi connectivity index (χ4v) is 4.27. The van der Waals surface area contributed by atoms with Crippen LogP contribution in [0.25, 0.3) is 5.70 Å². The monoisotopic (exact) mass is 505 g/mol. The molecule has 0 saturated carbocycles. The molecule has 2 heterocycles. The van der Waals surface area contributed by atoms with Crippen LogP contribution in [-0.2, 0) is 14.2 Å². The van der Waals surface area contributed by atoms with E-state index in [0.717, 1.165) is 61.6 Å². The van der Waals surface area contributed by atoms with E-state index in [0.29, 0.717) is 25.5 Å². The van der Waals surface area contributed by atoms with Crippen LogP contribution in [0.2, 0.25) is 0 Å². The fraction of sp³-hybridized carbons (Fsp3) is 0.448. The van der Waals surface area contributed by atoms with Crippen molar-refractivity contribution < 1.29 is 14.2 Å². The van der Waals surface area contributed by atoms with Crippen molar-refractivity contribution in [2.24, 2.45) is 10.7 Å². The maximum Gasteiger partial charge on any atom is 0.177 e. The van der Waals surface area contributed by atoms with Gasteiger partial charge < -0.3 is 30.2 Å². The number of nitrogens with one attached hydrogen (secondary N) is 1. The molecule has 0 aromatic heterocycles. The van der Waals surface area contributed by atoms with Crippen molar-refractivity contribution in [1.82, 2.24) is 5.32 Å². The van der Waals surface area contributed by atoms with Crippen LogP contribution in [0.3, 0.4) is 0 Å². The molecule has 0 bridgehead atoms. The minimum atomic E-state index is 0.0370. The van der Waals surface area contributed by atoms with Crippen LogP contribution in [0, 0.1) is 11.3 Å². The summed E-state index contributed by atoms with van der Waals surface area (Å²) in [4.78, 5) is 6.92. The zero-order valence-corrected chi connectivity index (χ0v) is 22.2. The smallest absolute Gasteiger partial charge is 0.177 e. The number of nitriles is 1. The summed E-state index contributed by atoms with van der Waals surface area (Å²) in [6.45, 7) is 8.86. The molecule has 8 nitrogen and oxygen atoms in total. The zero-order chi connectivity index (χ0) is 26.5. The second-order valence-electron chi connectivity index (χ2n) is 8.88. The number of anilines is 1. The van der Waals surface area contributed by atoms with Crippen molar-refractivity contribution in [2.45, 2.75) is 32.8 Å². The molecule has 0 radical (unpaired) electrons. The quantitative estimate of drug-likeness (QED) is 0.282. The first-order chi connectivity index (χ1) is 18.1. The van der Waals surface area contributed by atoms with Gasteiger partial charge >= 0.3 is 0 Å². The van der Waals surface area contributed by atoms with Gasteiger partial charge in [0.05, 0.1) is 33.0 Å². The Hall–Kier alpha value is -3.54. The van der Waals surface area contributed by atoms with Crippen molar-refractivity contribution >= 4 is 17.1 Å². The highest BCUT2D eigenvalue weighted by Crippen LogP contribution is 2.22. The Morgan fingerprint density at radius 2 is 1.86 bits per heavy atom. The van der Waals surface area contributed by atoms with E-state index >= 15 is 0 Å². The molecular weight excluding hydrogens is 466 g/mol. The topological polar surface area (TPSA) is 105 Å². The normalized spacial score (nSPS) is 19.0. The van der Waals surface area contributed by atoms with Gasteiger partial charge in [-0.05, 0) is 67.1 Å². The summed E-state index contributed by atoms with van der Waals surface area (Å²) in [5, 5.41) is 13.1. The molecular formula is C29H39N5O3. The largest absolute Gasteiger partial charge is 0.488 e. The van der Waals surface area contributed by atoms with Crippen molar-refractivity contribution in [3.05, 3.63) is 71.2 Å². The first kappa shape index (κ1) is 28.0. The van der Waals surface area contributed by atoms with Crippen LogP contribution in [0.5, 0.6) is 0 Å². The summed E-state index contributed by atoms with van der Waals surface area (Å²) in [6, 6.07) is 10.7. The molecule has 2 fully saturated rings. The average molecular weight is 506 g/mol. The molecule has 0 aliphatic carbocycles. The Balaban J connectivity index is 1.78. The van der Waals surface area contributed by atoms with Gasteiger partial charge in [-0.1, -0.05) is 12.1 Å². The number of morpholine rings is 1. The number of nitrogens with two attached hydrogens (primary N) is 1. The second-order valence-corrected chi connectivity index (χ2v) is 8.88. The van der Waals surface area contributed by atoms with E-state index in [1.807, 2.05) is 27.0 Å². The Kier molecular flexibility index (Phi) is 11.3. The number of aliphatic imine (C=N–C) groups is 1. The molecule has 8 heteroatoms. The van der Waals surface area contributed by atoms with Gasteiger partial charge in [0, 0.05) is 44.4 Å². The highest BCUT2D eigenvalue weighted by Gasteiger charge is 2.19. The number of nitrogens with zero attached hydrogens (tertiary/aromatic N) is 3. The molecule has 3 rings (SSSR count). The summed E-state index contributed by atoms with van der Waals surface area (Å²) in [5.41, 5.74) is 11.2. The van der Waals surface area contributed by atoms with Gasteiger partial charge in [0.2, 0.25) is 0 Å². The highest BCUT2D eigenvalue weighted by atomic mass is 16.5. The molecule has 37 heavy (non-hydrogen) atoms. The maximum absolute atomic E-state index is 9.77. The molecule has 0 unspecified atom stereocenters. The van der Waals surface area contributed by atoms with Gasteiger partial charge in [0.25, 0.3) is 0 Å². The van der Waals surface area contributed by atoms with E-state index < -0.39 is 0 Å². The second kappa shape index (κ2) is 14.9. The van der Waals surface area contributed by atoms with Gasteiger partial charge in [-0.25, -0.2) is 0 Å². The van der Waals surface area contributed by atoms with Crippen LogP contribution >= 0.6 is 0 Å². The van der Waals surface area contributed by atoms with E-state index in [1.165, 1.54) is 11.9 Å². The number of hydrogen-bond acceptors (Lipinski definition) is 8. The first-order valence-corrected chi connectivity index (χ1v) is 12.9. The lowest BCUT2D eigenvalue weighted by molar-refractivity contribution is 0.00107. The van der Waals surface area contributed by atoms with E-state index in [1.54, 1.807) is 6.08 Å². The summed E-state index contributed by atoms with van der Waals surface area (Å²) in [6.07, 6.45) is 8.85. The summed E-state index contributed by atoms with van der Waals surface area (Å²) in [5.74, 6) is 0.509. The lowest BCUT2D eigenvalue weighted by Crippen LogP contribution is -2.36. The molecule has 2 aliphatic heterocycles. The predicted molar refractivity (Wildman–Crippen MR) is 149 cm³/mol. The number of benzene rings is 1. The van der Waals surface area contributed by atoms with Gasteiger partial charge in [0.1, 0.15) is 12.2 Å². The van der Waals surface area contributed by atoms with Gasteiger partial charge in [-0.15, -0.1) is 0 Å². The van der Waals surface area contributed by atoms with Crippen molar-refractivity contribution in [3.63, 3.8) is 0 Å². The number of hydrogen-bond donors (Lipinski definition) is 2. The molecule has 2 saturated heterocycles. The summed E-state index contributed by atoms with van der Waals surface area (Å²) >= 11 is 0. The molecule has 1 aromatic rings.